The predicted molar refractivity (Wildman–Crippen MR) is 143 cm³/mol. The standard InChI is InChI=1S/C28H32N4O2Se/c1-18(29-28-23-14-25(33-3)26(34-4)15-24(23)30-19(2)31-28)27-13-21(17-35-27)22-10-6-5-9-20(22)16-32-11-7-8-12-32/h5-6,9-10,13-15,17-18H,7-8,11-12,16H2,1-4H3,(H,29,30,31)/t18-/m1/s1. The van der Waals surface area contributed by atoms with Crippen LogP contribution in [0.3, 0.4) is 0 Å². The van der Waals surface area contributed by atoms with Crippen molar-refractivity contribution in [2.75, 3.05) is 32.6 Å². The summed E-state index contributed by atoms with van der Waals surface area (Å²) in [5.74, 6) is 2.88. The van der Waals surface area contributed by atoms with Crippen molar-refractivity contribution in [3.05, 3.63) is 63.2 Å². The molecule has 2 aromatic heterocycles. The summed E-state index contributed by atoms with van der Waals surface area (Å²) in [5, 5.41) is 4.59. The van der Waals surface area contributed by atoms with Gasteiger partial charge in [-0.1, -0.05) is 0 Å². The molecule has 4 aromatic rings. The van der Waals surface area contributed by atoms with Crippen molar-refractivity contribution < 1.29 is 9.47 Å². The molecule has 0 amide bonds. The number of nitrogens with one attached hydrogen (secondary N) is 1. The average Bonchev–Trinajstić information content (AvgIpc) is 3.56. The van der Waals surface area contributed by atoms with Crippen LogP contribution in [0, 0.1) is 6.92 Å². The van der Waals surface area contributed by atoms with Crippen LogP contribution in [0.2, 0.25) is 0 Å². The molecule has 7 heteroatoms. The second-order valence-corrected chi connectivity index (χ2v) is 11.1. The normalized spacial score (nSPS) is 14.9. The number of benzene rings is 2. The minimum atomic E-state index is 0.153. The SMILES string of the molecule is COc1cc2nc(C)nc(N[C@H](C)c3cc(-c4ccccc4CN4CCCC4)c[se]3)c2cc1OC. The molecule has 6 nitrogen and oxygen atoms in total. The number of aryl methyl sites for hydroxylation is 1. The summed E-state index contributed by atoms with van der Waals surface area (Å²) >= 11 is 0.293. The van der Waals surface area contributed by atoms with Crippen LogP contribution in [0.15, 0.2) is 47.4 Å². The molecule has 0 bridgehead atoms. The van der Waals surface area contributed by atoms with E-state index in [1.807, 2.05) is 19.1 Å². The molecule has 0 radical (unpaired) electrons. The zero-order valence-electron chi connectivity index (χ0n) is 20.8. The van der Waals surface area contributed by atoms with Crippen molar-refractivity contribution in [2.45, 2.75) is 39.3 Å². The van der Waals surface area contributed by atoms with E-state index >= 15 is 0 Å². The fourth-order valence-corrected chi connectivity index (χ4v) is 6.72. The first kappa shape index (κ1) is 23.9. The molecule has 1 aliphatic rings. The van der Waals surface area contributed by atoms with E-state index in [-0.39, 0.29) is 6.04 Å². The second kappa shape index (κ2) is 10.4. The van der Waals surface area contributed by atoms with Crippen molar-refractivity contribution in [1.82, 2.24) is 14.9 Å². The number of aromatic nitrogens is 2. The maximum absolute atomic E-state index is 5.53. The fourth-order valence-electron chi connectivity index (χ4n) is 4.80. The molecule has 0 spiro atoms. The molecule has 0 unspecified atom stereocenters. The Kier molecular flexibility index (Phi) is 7.09. The summed E-state index contributed by atoms with van der Waals surface area (Å²) in [6.07, 6.45) is 2.63. The summed E-state index contributed by atoms with van der Waals surface area (Å²) in [6.45, 7) is 7.59. The number of anilines is 1. The van der Waals surface area contributed by atoms with Crippen LogP contribution >= 0.6 is 0 Å². The van der Waals surface area contributed by atoms with Crippen LogP contribution in [0.4, 0.5) is 5.82 Å². The molecule has 1 aliphatic heterocycles. The van der Waals surface area contributed by atoms with Crippen molar-refractivity contribution in [2.24, 2.45) is 0 Å². The third-order valence-electron chi connectivity index (χ3n) is 6.63. The van der Waals surface area contributed by atoms with Crippen molar-refractivity contribution in [1.29, 1.82) is 0 Å². The number of ether oxygens (including phenoxy) is 2. The number of hydrogen-bond acceptors (Lipinski definition) is 6. The van der Waals surface area contributed by atoms with E-state index in [4.69, 9.17) is 14.5 Å². The number of fused-ring (bicyclic) bond motifs is 1. The fraction of sp³-hybridized carbons (Fsp3) is 0.357. The van der Waals surface area contributed by atoms with Gasteiger partial charge in [0.05, 0.1) is 0 Å². The Balaban J connectivity index is 1.42. The Bertz CT molecular complexity index is 1330. The molecule has 1 N–H and O–H groups in total. The van der Waals surface area contributed by atoms with E-state index in [0.29, 0.717) is 26.0 Å². The Morgan fingerprint density at radius 3 is 2.54 bits per heavy atom. The van der Waals surface area contributed by atoms with Gasteiger partial charge >= 0.3 is 213 Å². The van der Waals surface area contributed by atoms with Crippen LogP contribution in [0.5, 0.6) is 11.5 Å². The summed E-state index contributed by atoms with van der Waals surface area (Å²) in [4.78, 5) is 14.3. The van der Waals surface area contributed by atoms with Gasteiger partial charge in [-0.15, -0.1) is 0 Å². The van der Waals surface area contributed by atoms with Gasteiger partial charge in [0.1, 0.15) is 0 Å². The minimum absolute atomic E-state index is 0.153. The molecule has 0 saturated carbocycles. The molecular weight excluding hydrogens is 503 g/mol. The molecule has 182 valence electrons. The van der Waals surface area contributed by atoms with E-state index in [9.17, 15) is 0 Å². The van der Waals surface area contributed by atoms with Crippen molar-refractivity contribution >= 4 is 31.2 Å². The Morgan fingerprint density at radius 1 is 1.03 bits per heavy atom. The monoisotopic (exact) mass is 536 g/mol. The molecule has 1 atom stereocenters. The average molecular weight is 536 g/mol. The molecule has 35 heavy (non-hydrogen) atoms. The van der Waals surface area contributed by atoms with Gasteiger partial charge in [0.15, 0.2) is 0 Å². The van der Waals surface area contributed by atoms with E-state index in [1.165, 1.54) is 47.1 Å². The van der Waals surface area contributed by atoms with Gasteiger partial charge in [-0.3, -0.25) is 0 Å². The van der Waals surface area contributed by atoms with Gasteiger partial charge in [-0.05, 0) is 0 Å². The Morgan fingerprint density at radius 2 is 1.77 bits per heavy atom. The first-order valence-corrected chi connectivity index (χ1v) is 14.0. The van der Waals surface area contributed by atoms with Gasteiger partial charge in [-0.25, -0.2) is 0 Å². The quantitative estimate of drug-likeness (QED) is 0.303. The molecule has 1 fully saturated rings. The zero-order chi connectivity index (χ0) is 24.4. The number of hydrogen-bond donors (Lipinski definition) is 1. The van der Waals surface area contributed by atoms with Crippen molar-refractivity contribution in [3.8, 4) is 22.6 Å². The van der Waals surface area contributed by atoms with E-state index in [1.54, 1.807) is 14.2 Å². The molecule has 5 rings (SSSR count). The molecule has 1 saturated heterocycles. The predicted octanol–water partition coefficient (Wildman–Crippen LogP) is 5.45. The molecule has 2 aromatic carbocycles. The number of methoxy groups -OCH3 is 2. The van der Waals surface area contributed by atoms with Gasteiger partial charge < -0.3 is 0 Å². The Labute approximate surface area is 213 Å². The molecular formula is C28H32N4O2Se. The van der Waals surface area contributed by atoms with Gasteiger partial charge in [-0.2, -0.15) is 0 Å². The first-order valence-electron chi connectivity index (χ1n) is 12.1. The van der Waals surface area contributed by atoms with Crippen molar-refractivity contribution in [3.63, 3.8) is 0 Å². The summed E-state index contributed by atoms with van der Waals surface area (Å²) in [7, 11) is 3.29. The van der Waals surface area contributed by atoms with Crippen LogP contribution < -0.4 is 14.8 Å². The van der Waals surface area contributed by atoms with Crippen LogP contribution in [0.1, 0.15) is 41.6 Å². The summed E-state index contributed by atoms with van der Waals surface area (Å²) < 4.78 is 12.4. The van der Waals surface area contributed by atoms with Gasteiger partial charge in [0, 0.05) is 0 Å². The maximum atomic E-state index is 5.53. The second-order valence-electron chi connectivity index (χ2n) is 9.09. The molecule has 3 heterocycles. The Hall–Kier alpha value is -2.86. The number of likely N-dealkylation sites (tertiary alicyclic amines) is 1. The molecule has 0 aliphatic carbocycles. The zero-order valence-corrected chi connectivity index (χ0v) is 22.5. The number of rotatable bonds is 8. The van der Waals surface area contributed by atoms with Crippen LogP contribution in [-0.4, -0.2) is 56.7 Å². The van der Waals surface area contributed by atoms with E-state index in [0.717, 1.165) is 29.1 Å². The summed E-state index contributed by atoms with van der Waals surface area (Å²) in [6, 6.07) is 15.3. The summed E-state index contributed by atoms with van der Waals surface area (Å²) in [5.41, 5.74) is 4.97. The third kappa shape index (κ3) is 5.08. The van der Waals surface area contributed by atoms with Crippen LogP contribution in [0.25, 0.3) is 22.0 Å². The van der Waals surface area contributed by atoms with E-state index < -0.39 is 0 Å². The topological polar surface area (TPSA) is 59.5 Å². The van der Waals surface area contributed by atoms with Crippen LogP contribution in [-0.2, 0) is 6.54 Å². The first-order chi connectivity index (χ1) is 17.1. The van der Waals surface area contributed by atoms with Gasteiger partial charge in [0.2, 0.25) is 0 Å². The van der Waals surface area contributed by atoms with Gasteiger partial charge in [0.25, 0.3) is 0 Å². The van der Waals surface area contributed by atoms with E-state index in [2.05, 4.69) is 57.4 Å². The third-order valence-corrected chi connectivity index (χ3v) is 8.97. The number of nitrogens with zero attached hydrogens (tertiary/aromatic N) is 3.